The van der Waals surface area contributed by atoms with Gasteiger partial charge >= 0.3 is 0 Å². The Kier molecular flexibility index (Phi) is 2.76. The Morgan fingerprint density at radius 1 is 1.57 bits per heavy atom. The minimum Gasteiger partial charge on any atom is -0.376 e. The van der Waals surface area contributed by atoms with Crippen LogP contribution in [0.4, 0.5) is 0 Å². The first-order chi connectivity index (χ1) is 6.74. The van der Waals surface area contributed by atoms with Crippen molar-refractivity contribution in [2.75, 3.05) is 26.2 Å². The topological polar surface area (TPSA) is 36.3 Å². The molecule has 1 aliphatic carbocycles. The van der Waals surface area contributed by atoms with Crippen LogP contribution >= 0.6 is 0 Å². The predicted molar refractivity (Wildman–Crippen MR) is 53.8 cm³/mol. The normalized spacial score (nSPS) is 31.0. The van der Waals surface area contributed by atoms with E-state index in [0.717, 1.165) is 32.7 Å². The summed E-state index contributed by atoms with van der Waals surface area (Å²) in [4.78, 5) is 2.46. The molecule has 0 N–H and O–H groups in total. The first-order valence-corrected chi connectivity index (χ1v) is 5.45. The lowest BCUT2D eigenvalue weighted by molar-refractivity contribution is -0.0244. The minimum atomic E-state index is 0.353. The summed E-state index contributed by atoms with van der Waals surface area (Å²) in [6.07, 6.45) is 3.58. The van der Waals surface area contributed by atoms with Crippen molar-refractivity contribution in [3.05, 3.63) is 0 Å². The van der Waals surface area contributed by atoms with Crippen LogP contribution in [0.5, 0.6) is 0 Å². The van der Waals surface area contributed by atoms with Gasteiger partial charge in [-0.1, -0.05) is 0 Å². The van der Waals surface area contributed by atoms with Crippen molar-refractivity contribution in [3.8, 4) is 6.07 Å². The van der Waals surface area contributed by atoms with E-state index in [2.05, 4.69) is 17.9 Å². The predicted octanol–water partition coefficient (Wildman–Crippen LogP) is 1.40. The van der Waals surface area contributed by atoms with E-state index in [9.17, 15) is 0 Å². The van der Waals surface area contributed by atoms with E-state index in [4.69, 9.17) is 10.00 Å². The molecule has 1 heterocycles. The van der Waals surface area contributed by atoms with Crippen LogP contribution in [0.2, 0.25) is 0 Å². The minimum absolute atomic E-state index is 0.353. The molecule has 1 unspecified atom stereocenters. The van der Waals surface area contributed by atoms with Crippen molar-refractivity contribution in [2.45, 2.75) is 32.3 Å². The summed E-state index contributed by atoms with van der Waals surface area (Å²) in [5, 5.41) is 8.73. The fourth-order valence-electron chi connectivity index (χ4n) is 2.24. The second-order valence-electron chi connectivity index (χ2n) is 4.75. The number of rotatable bonds is 3. The molecule has 1 saturated carbocycles. The number of nitrogens with zero attached hydrogens (tertiary/aromatic N) is 2. The first-order valence-electron chi connectivity index (χ1n) is 5.45. The van der Waals surface area contributed by atoms with Crippen LogP contribution < -0.4 is 0 Å². The van der Waals surface area contributed by atoms with Gasteiger partial charge < -0.3 is 4.74 Å². The molecule has 0 spiro atoms. The number of hydrogen-bond acceptors (Lipinski definition) is 3. The monoisotopic (exact) mass is 194 g/mol. The molecule has 2 rings (SSSR count). The Bertz CT molecular complexity index is 242. The Hall–Kier alpha value is -0.590. The maximum atomic E-state index is 8.73. The Balaban J connectivity index is 1.82. The highest BCUT2D eigenvalue weighted by atomic mass is 16.5. The lowest BCUT2D eigenvalue weighted by Gasteiger charge is -2.33. The van der Waals surface area contributed by atoms with Crippen LogP contribution in [0.3, 0.4) is 0 Å². The van der Waals surface area contributed by atoms with Crippen molar-refractivity contribution in [3.63, 3.8) is 0 Å². The molecular weight excluding hydrogens is 176 g/mol. The maximum absolute atomic E-state index is 8.73. The van der Waals surface area contributed by atoms with E-state index in [0.29, 0.717) is 11.5 Å². The van der Waals surface area contributed by atoms with Crippen LogP contribution in [-0.4, -0.2) is 37.2 Å². The van der Waals surface area contributed by atoms with Crippen LogP contribution in [0.25, 0.3) is 0 Å². The van der Waals surface area contributed by atoms with Gasteiger partial charge in [0.1, 0.15) is 0 Å². The smallest absolute Gasteiger partial charge is 0.0674 e. The highest BCUT2D eigenvalue weighted by Gasteiger charge is 2.43. The summed E-state index contributed by atoms with van der Waals surface area (Å²) in [7, 11) is 0. The molecule has 0 aromatic heterocycles. The van der Waals surface area contributed by atoms with Gasteiger partial charge in [-0.25, -0.2) is 0 Å². The zero-order valence-electron chi connectivity index (χ0n) is 8.83. The number of ether oxygens (including phenoxy) is 1. The summed E-state index contributed by atoms with van der Waals surface area (Å²) in [5.74, 6) is 0. The lowest BCUT2D eigenvalue weighted by Crippen LogP contribution is -2.43. The maximum Gasteiger partial charge on any atom is 0.0674 e. The highest BCUT2D eigenvalue weighted by molar-refractivity contribution is 5.01. The number of morpholine rings is 1. The molecule has 1 aliphatic heterocycles. The Morgan fingerprint density at radius 2 is 2.36 bits per heavy atom. The van der Waals surface area contributed by atoms with Crippen LogP contribution in [0, 0.1) is 16.7 Å². The summed E-state index contributed by atoms with van der Waals surface area (Å²) in [6, 6.07) is 2.31. The molecule has 78 valence electrons. The molecule has 3 heteroatoms. The Morgan fingerprint density at radius 3 is 2.93 bits per heavy atom. The second-order valence-corrected chi connectivity index (χ2v) is 4.75. The second kappa shape index (κ2) is 3.88. The van der Waals surface area contributed by atoms with Gasteiger partial charge in [-0.05, 0) is 25.2 Å². The SMILES string of the molecule is CC1CN(CC2(CC#N)CC2)CCO1. The zero-order chi connectivity index (χ0) is 10.0. The fourth-order valence-corrected chi connectivity index (χ4v) is 2.24. The van der Waals surface area contributed by atoms with Crippen molar-refractivity contribution in [1.29, 1.82) is 5.26 Å². The molecule has 14 heavy (non-hydrogen) atoms. The summed E-state index contributed by atoms with van der Waals surface area (Å²) in [6.45, 7) is 6.15. The summed E-state index contributed by atoms with van der Waals surface area (Å²) < 4.78 is 5.50. The molecule has 1 atom stereocenters. The van der Waals surface area contributed by atoms with Crippen LogP contribution in [-0.2, 0) is 4.74 Å². The van der Waals surface area contributed by atoms with Gasteiger partial charge in [-0.2, -0.15) is 5.26 Å². The van der Waals surface area contributed by atoms with E-state index in [-0.39, 0.29) is 0 Å². The zero-order valence-corrected chi connectivity index (χ0v) is 8.83. The first kappa shape index (κ1) is 9.95. The number of hydrogen-bond donors (Lipinski definition) is 0. The molecule has 0 aromatic rings. The van der Waals surface area contributed by atoms with E-state index in [1.54, 1.807) is 0 Å². The summed E-state index contributed by atoms with van der Waals surface area (Å²) in [5.41, 5.74) is 0.353. The molecule has 0 radical (unpaired) electrons. The van der Waals surface area contributed by atoms with E-state index in [1.807, 2.05) is 0 Å². The van der Waals surface area contributed by atoms with Gasteiger partial charge in [0.25, 0.3) is 0 Å². The van der Waals surface area contributed by atoms with Gasteiger partial charge in [-0.15, -0.1) is 0 Å². The average molecular weight is 194 g/mol. The summed E-state index contributed by atoms with van der Waals surface area (Å²) >= 11 is 0. The van der Waals surface area contributed by atoms with Crippen molar-refractivity contribution in [2.24, 2.45) is 5.41 Å². The van der Waals surface area contributed by atoms with E-state index >= 15 is 0 Å². The van der Waals surface area contributed by atoms with E-state index < -0.39 is 0 Å². The highest BCUT2D eigenvalue weighted by Crippen LogP contribution is 2.49. The van der Waals surface area contributed by atoms with Crippen molar-refractivity contribution < 1.29 is 4.74 Å². The molecular formula is C11H18N2O. The molecule has 3 nitrogen and oxygen atoms in total. The molecule has 0 aromatic carbocycles. The third-order valence-electron chi connectivity index (χ3n) is 3.30. The molecule has 2 fully saturated rings. The number of nitriles is 1. The van der Waals surface area contributed by atoms with E-state index in [1.165, 1.54) is 12.8 Å². The molecule has 0 bridgehead atoms. The van der Waals surface area contributed by atoms with Gasteiger partial charge in [-0.3, -0.25) is 4.90 Å². The molecule has 0 amide bonds. The standard InChI is InChI=1S/C11H18N2O/c1-10-8-13(6-7-14-10)9-11(2-3-11)4-5-12/h10H,2-4,6-9H2,1H3. The van der Waals surface area contributed by atoms with Gasteiger partial charge in [0.15, 0.2) is 0 Å². The lowest BCUT2D eigenvalue weighted by atomic mass is 10.0. The van der Waals surface area contributed by atoms with Gasteiger partial charge in [0.05, 0.1) is 18.8 Å². The molecule has 2 aliphatic rings. The van der Waals surface area contributed by atoms with Gasteiger partial charge in [0.2, 0.25) is 0 Å². The fraction of sp³-hybridized carbons (Fsp3) is 0.909. The van der Waals surface area contributed by atoms with Crippen LogP contribution in [0.15, 0.2) is 0 Å². The van der Waals surface area contributed by atoms with Crippen molar-refractivity contribution >= 4 is 0 Å². The third kappa shape index (κ3) is 2.26. The van der Waals surface area contributed by atoms with Crippen molar-refractivity contribution in [1.82, 2.24) is 4.90 Å². The average Bonchev–Trinajstić information content (AvgIpc) is 2.85. The quantitative estimate of drug-likeness (QED) is 0.681. The Labute approximate surface area is 85.6 Å². The largest absolute Gasteiger partial charge is 0.376 e. The van der Waals surface area contributed by atoms with Crippen LogP contribution in [0.1, 0.15) is 26.2 Å². The third-order valence-corrected chi connectivity index (χ3v) is 3.30. The molecule has 1 saturated heterocycles. The van der Waals surface area contributed by atoms with Gasteiger partial charge in [0, 0.05) is 26.1 Å².